The van der Waals surface area contributed by atoms with Gasteiger partial charge in [0.1, 0.15) is 16.9 Å². The van der Waals surface area contributed by atoms with E-state index >= 15 is 0 Å². The van der Waals surface area contributed by atoms with Crippen molar-refractivity contribution in [1.82, 2.24) is 5.32 Å². The van der Waals surface area contributed by atoms with Crippen molar-refractivity contribution in [2.45, 2.75) is 26.9 Å². The molecule has 0 fully saturated rings. The van der Waals surface area contributed by atoms with E-state index in [4.69, 9.17) is 0 Å². The summed E-state index contributed by atoms with van der Waals surface area (Å²) < 4.78 is 0. The van der Waals surface area contributed by atoms with Gasteiger partial charge in [0.05, 0.1) is 5.56 Å². The predicted octanol–water partition coefficient (Wildman–Crippen LogP) is 3.23. The molecule has 4 nitrogen and oxygen atoms in total. The fourth-order valence-electron chi connectivity index (χ4n) is 2.44. The van der Waals surface area contributed by atoms with E-state index in [9.17, 15) is 9.90 Å². The van der Waals surface area contributed by atoms with Crippen molar-refractivity contribution in [1.29, 1.82) is 0 Å². The number of amides is 1. The van der Waals surface area contributed by atoms with Gasteiger partial charge in [-0.25, -0.2) is 0 Å². The number of hydrogen-bond acceptors (Lipinski definition) is 4. The smallest absolute Gasteiger partial charge is 0.256 e. The maximum atomic E-state index is 12.3. The fraction of sp³-hybridized carbons (Fsp3) is 0.267. The Morgan fingerprint density at radius 3 is 2.70 bits per heavy atom. The van der Waals surface area contributed by atoms with Crippen LogP contribution in [0, 0.1) is 20.8 Å². The Morgan fingerprint density at radius 2 is 1.95 bits per heavy atom. The van der Waals surface area contributed by atoms with Crippen molar-refractivity contribution in [3.8, 4) is 5.75 Å². The van der Waals surface area contributed by atoms with Crippen molar-refractivity contribution in [2.24, 2.45) is 0 Å². The maximum absolute atomic E-state index is 12.3. The van der Waals surface area contributed by atoms with E-state index in [2.05, 4.69) is 10.6 Å². The number of rotatable bonds is 1. The van der Waals surface area contributed by atoms with Gasteiger partial charge < -0.3 is 15.7 Å². The van der Waals surface area contributed by atoms with Crippen LogP contribution in [0.15, 0.2) is 18.2 Å². The Balaban J connectivity index is 2.04. The van der Waals surface area contributed by atoms with E-state index in [0.29, 0.717) is 5.56 Å². The van der Waals surface area contributed by atoms with Crippen LogP contribution in [0.1, 0.15) is 38.1 Å². The molecule has 0 spiro atoms. The highest BCUT2D eigenvalue weighted by molar-refractivity contribution is 7.16. The summed E-state index contributed by atoms with van der Waals surface area (Å²) in [5, 5.41) is 17.2. The van der Waals surface area contributed by atoms with Gasteiger partial charge in [0.15, 0.2) is 0 Å². The molecule has 0 radical (unpaired) electrons. The average Bonchev–Trinajstić information content (AvgIpc) is 2.68. The lowest BCUT2D eigenvalue weighted by molar-refractivity contribution is 0.0935. The number of anilines is 1. The molecule has 1 aromatic heterocycles. The summed E-state index contributed by atoms with van der Waals surface area (Å²) in [6.45, 7) is 5.80. The molecule has 1 aliphatic rings. The van der Waals surface area contributed by atoms with Crippen LogP contribution in [0.3, 0.4) is 0 Å². The third-order valence-corrected chi connectivity index (χ3v) is 4.88. The number of carbonyl (C=O) groups is 1. The van der Waals surface area contributed by atoms with Gasteiger partial charge in [0.25, 0.3) is 5.91 Å². The van der Waals surface area contributed by atoms with Gasteiger partial charge in [0.2, 0.25) is 0 Å². The maximum Gasteiger partial charge on any atom is 0.256 e. The second-order valence-electron chi connectivity index (χ2n) is 5.05. The van der Waals surface area contributed by atoms with Crippen molar-refractivity contribution in [2.75, 3.05) is 5.32 Å². The van der Waals surface area contributed by atoms with E-state index < -0.39 is 6.17 Å². The largest absolute Gasteiger partial charge is 0.507 e. The van der Waals surface area contributed by atoms with Crippen LogP contribution < -0.4 is 10.6 Å². The van der Waals surface area contributed by atoms with E-state index in [-0.39, 0.29) is 11.7 Å². The summed E-state index contributed by atoms with van der Waals surface area (Å²) in [5.74, 6) is 0.130. The summed E-state index contributed by atoms with van der Waals surface area (Å²) in [7, 11) is 0. The normalized spacial score (nSPS) is 17.4. The molecule has 1 amide bonds. The first-order chi connectivity index (χ1) is 9.49. The van der Waals surface area contributed by atoms with Crippen molar-refractivity contribution >= 4 is 22.2 Å². The first kappa shape index (κ1) is 13.0. The fourth-order valence-corrected chi connectivity index (χ4v) is 3.53. The molecule has 104 valence electrons. The highest BCUT2D eigenvalue weighted by Gasteiger charge is 2.30. The Labute approximate surface area is 121 Å². The number of phenolic OH excluding ortho intramolecular Hbond substituents is 1. The number of thiophene rings is 1. The highest BCUT2D eigenvalue weighted by atomic mass is 32.1. The summed E-state index contributed by atoms with van der Waals surface area (Å²) >= 11 is 1.58. The van der Waals surface area contributed by atoms with Crippen LogP contribution in [-0.4, -0.2) is 11.0 Å². The van der Waals surface area contributed by atoms with Crippen LogP contribution in [-0.2, 0) is 0 Å². The SMILES string of the molecule is Cc1cccc([C@@H]2NC(=O)c3c(sc(C)c3C)N2)c1O. The molecule has 1 aliphatic heterocycles. The first-order valence-corrected chi connectivity index (χ1v) is 7.26. The minimum absolute atomic E-state index is 0.0912. The lowest BCUT2D eigenvalue weighted by atomic mass is 10.0. The van der Waals surface area contributed by atoms with Gasteiger partial charge in [-0.05, 0) is 31.9 Å². The quantitative estimate of drug-likeness (QED) is 0.755. The lowest BCUT2D eigenvalue weighted by Crippen LogP contribution is -2.38. The predicted molar refractivity (Wildman–Crippen MR) is 80.5 cm³/mol. The average molecular weight is 288 g/mol. The number of benzene rings is 1. The molecule has 3 rings (SSSR count). The van der Waals surface area contributed by atoms with Crippen LogP contribution in [0.2, 0.25) is 0 Å². The number of phenols is 1. The number of para-hydroxylation sites is 1. The van der Waals surface area contributed by atoms with Crippen molar-refractivity contribution in [3.05, 3.63) is 45.3 Å². The van der Waals surface area contributed by atoms with E-state index in [1.807, 2.05) is 39.0 Å². The number of nitrogens with one attached hydrogen (secondary N) is 2. The third-order valence-electron chi connectivity index (χ3n) is 3.74. The van der Waals surface area contributed by atoms with E-state index in [1.165, 1.54) is 0 Å². The molecular formula is C15H16N2O2S. The number of fused-ring (bicyclic) bond motifs is 1. The minimum atomic E-state index is -0.396. The molecule has 20 heavy (non-hydrogen) atoms. The molecule has 0 bridgehead atoms. The zero-order valence-electron chi connectivity index (χ0n) is 11.6. The zero-order valence-corrected chi connectivity index (χ0v) is 12.4. The Hall–Kier alpha value is -2.01. The Bertz CT molecular complexity index is 706. The van der Waals surface area contributed by atoms with Crippen LogP contribution >= 0.6 is 11.3 Å². The molecular weight excluding hydrogens is 272 g/mol. The topological polar surface area (TPSA) is 61.4 Å². The molecule has 2 heterocycles. The number of carbonyl (C=O) groups excluding carboxylic acids is 1. The monoisotopic (exact) mass is 288 g/mol. The summed E-state index contributed by atoms with van der Waals surface area (Å²) in [6, 6.07) is 5.53. The molecule has 2 aromatic rings. The second kappa shape index (κ2) is 4.52. The summed E-state index contributed by atoms with van der Waals surface area (Å²) in [4.78, 5) is 13.4. The molecule has 1 atom stereocenters. The van der Waals surface area contributed by atoms with Gasteiger partial charge in [0, 0.05) is 10.4 Å². The third kappa shape index (κ3) is 1.86. The number of hydrogen-bond donors (Lipinski definition) is 3. The Morgan fingerprint density at radius 1 is 1.20 bits per heavy atom. The molecule has 0 aliphatic carbocycles. The molecule has 0 saturated heterocycles. The van der Waals surface area contributed by atoms with E-state index in [1.54, 1.807) is 11.3 Å². The minimum Gasteiger partial charge on any atom is -0.507 e. The molecule has 5 heteroatoms. The second-order valence-corrected chi connectivity index (χ2v) is 6.28. The molecule has 0 unspecified atom stereocenters. The molecule has 1 aromatic carbocycles. The van der Waals surface area contributed by atoms with Gasteiger partial charge in [-0.2, -0.15) is 0 Å². The standard InChI is InChI=1S/C15H16N2O2S/c1-7-5-4-6-10(12(7)18)13-16-14(19)11-8(2)9(3)20-15(11)17-13/h4-6,13,17-18H,1-3H3,(H,16,19)/t13-/m1/s1. The van der Waals surface area contributed by atoms with Gasteiger partial charge in [-0.1, -0.05) is 18.2 Å². The molecule has 0 saturated carbocycles. The first-order valence-electron chi connectivity index (χ1n) is 6.45. The zero-order chi connectivity index (χ0) is 14.4. The summed E-state index contributed by atoms with van der Waals surface area (Å²) in [6.07, 6.45) is -0.396. The van der Waals surface area contributed by atoms with E-state index in [0.717, 1.165) is 26.6 Å². The van der Waals surface area contributed by atoms with Gasteiger partial charge >= 0.3 is 0 Å². The highest BCUT2D eigenvalue weighted by Crippen LogP contribution is 2.39. The van der Waals surface area contributed by atoms with Crippen LogP contribution in [0.25, 0.3) is 0 Å². The molecule has 3 N–H and O–H groups in total. The Kier molecular flexibility index (Phi) is 2.94. The van der Waals surface area contributed by atoms with Crippen LogP contribution in [0.4, 0.5) is 5.00 Å². The van der Waals surface area contributed by atoms with Crippen molar-refractivity contribution < 1.29 is 9.90 Å². The number of aryl methyl sites for hydroxylation is 2. The number of aromatic hydroxyl groups is 1. The van der Waals surface area contributed by atoms with Crippen LogP contribution in [0.5, 0.6) is 5.75 Å². The van der Waals surface area contributed by atoms with Gasteiger partial charge in [-0.3, -0.25) is 4.79 Å². The lowest BCUT2D eigenvalue weighted by Gasteiger charge is -2.27. The van der Waals surface area contributed by atoms with Gasteiger partial charge in [-0.15, -0.1) is 11.3 Å². The van der Waals surface area contributed by atoms with Crippen molar-refractivity contribution in [3.63, 3.8) is 0 Å². The summed E-state index contributed by atoms with van der Waals surface area (Å²) in [5.41, 5.74) is 3.22.